The molecular weight excluding hydrogens is 318 g/mol. The first-order valence-electron chi connectivity index (χ1n) is 6.96. The van der Waals surface area contributed by atoms with Crippen LogP contribution in [0.15, 0.2) is 36.4 Å². The van der Waals surface area contributed by atoms with Crippen LogP contribution in [0.2, 0.25) is 5.02 Å². The Morgan fingerprint density at radius 1 is 1.30 bits per heavy atom. The molecule has 0 bridgehead atoms. The Morgan fingerprint density at radius 3 is 2.65 bits per heavy atom. The van der Waals surface area contributed by atoms with Gasteiger partial charge in [-0.3, -0.25) is 4.79 Å². The minimum Gasteiger partial charge on any atom is -0.496 e. The third kappa shape index (κ3) is 4.15. The van der Waals surface area contributed by atoms with Crippen LogP contribution in [0.4, 0.5) is 0 Å². The number of hydrogen-bond donors (Lipinski definition) is 2. The first-order valence-corrected chi connectivity index (χ1v) is 7.34. The number of aryl methyl sites for hydroxylation is 1. The average molecular weight is 336 g/mol. The number of nitrogens with two attached hydrogens (primary N) is 1. The fraction of sp³-hybridized carbons (Fsp3) is 0.235. The van der Waals surface area contributed by atoms with Crippen LogP contribution in [-0.2, 0) is 11.4 Å². The Hall–Kier alpha value is -2.24. The highest BCUT2D eigenvalue weighted by Gasteiger charge is 2.16. The molecule has 0 aromatic heterocycles. The molecule has 5 nitrogen and oxygen atoms in total. The van der Waals surface area contributed by atoms with Crippen molar-refractivity contribution >= 4 is 17.6 Å². The Morgan fingerprint density at radius 2 is 2.04 bits per heavy atom. The number of rotatable bonds is 6. The van der Waals surface area contributed by atoms with Crippen LogP contribution in [0.25, 0.3) is 0 Å². The van der Waals surface area contributed by atoms with Gasteiger partial charge in [-0.15, -0.1) is 0 Å². The van der Waals surface area contributed by atoms with Gasteiger partial charge in [-0.2, -0.15) is 0 Å². The first-order chi connectivity index (χ1) is 10.9. The molecule has 2 aromatic carbocycles. The van der Waals surface area contributed by atoms with Crippen molar-refractivity contribution in [1.82, 2.24) is 0 Å². The summed E-state index contributed by atoms with van der Waals surface area (Å²) >= 11 is 5.99. The molecular formula is C17H18ClNO4. The maximum absolute atomic E-state index is 11.0. The van der Waals surface area contributed by atoms with Gasteiger partial charge in [-0.1, -0.05) is 17.7 Å². The number of ether oxygens (including phenoxy) is 2. The molecule has 0 unspecified atom stereocenters. The minimum atomic E-state index is -1.09. The molecule has 3 N–H and O–H groups in total. The van der Waals surface area contributed by atoms with Crippen molar-refractivity contribution < 1.29 is 19.4 Å². The first kappa shape index (κ1) is 17.1. The second-order valence-electron chi connectivity index (χ2n) is 5.09. The summed E-state index contributed by atoms with van der Waals surface area (Å²) in [5, 5.41) is 9.69. The predicted octanol–water partition coefficient (Wildman–Crippen LogP) is 3.32. The zero-order chi connectivity index (χ0) is 17.0. The summed E-state index contributed by atoms with van der Waals surface area (Å²) in [5.74, 6) is 0.189. The summed E-state index contributed by atoms with van der Waals surface area (Å²) in [4.78, 5) is 11.0. The lowest BCUT2D eigenvalue weighted by atomic mass is 10.0. The molecule has 0 saturated heterocycles. The summed E-state index contributed by atoms with van der Waals surface area (Å²) < 4.78 is 11.0. The lowest BCUT2D eigenvalue weighted by molar-refractivity contribution is -0.138. The van der Waals surface area contributed by atoms with Crippen LogP contribution in [0.3, 0.4) is 0 Å². The zero-order valence-electron chi connectivity index (χ0n) is 12.9. The lowest BCUT2D eigenvalue weighted by Gasteiger charge is -2.14. The molecule has 23 heavy (non-hydrogen) atoms. The van der Waals surface area contributed by atoms with E-state index in [1.807, 2.05) is 13.0 Å². The van der Waals surface area contributed by atoms with Crippen LogP contribution in [0.1, 0.15) is 22.7 Å². The van der Waals surface area contributed by atoms with E-state index in [4.69, 9.17) is 31.9 Å². The van der Waals surface area contributed by atoms with E-state index < -0.39 is 12.0 Å². The van der Waals surface area contributed by atoms with Gasteiger partial charge in [0.15, 0.2) is 0 Å². The number of methoxy groups -OCH3 is 1. The normalized spacial score (nSPS) is 11.8. The number of hydrogen-bond acceptors (Lipinski definition) is 4. The number of benzene rings is 2. The molecule has 0 heterocycles. The van der Waals surface area contributed by atoms with E-state index in [1.165, 1.54) is 0 Å². The molecule has 6 heteroatoms. The summed E-state index contributed by atoms with van der Waals surface area (Å²) in [5.41, 5.74) is 7.77. The maximum Gasteiger partial charge on any atom is 0.325 e. The third-order valence-electron chi connectivity index (χ3n) is 3.45. The van der Waals surface area contributed by atoms with Crippen LogP contribution >= 0.6 is 11.6 Å². The smallest absolute Gasteiger partial charge is 0.325 e. The van der Waals surface area contributed by atoms with Gasteiger partial charge in [0.1, 0.15) is 24.1 Å². The van der Waals surface area contributed by atoms with Gasteiger partial charge in [0.2, 0.25) is 0 Å². The standard InChI is InChI=1S/C17H18ClNO4/c1-10-7-13(4-5-14(10)18)23-9-12-8-11(16(19)17(20)21)3-6-15(12)22-2/h3-8,16H,9,19H2,1-2H3,(H,20,21)/t16-/m0/s1. The van der Waals surface area contributed by atoms with Gasteiger partial charge in [-0.25, -0.2) is 0 Å². The maximum atomic E-state index is 11.0. The molecule has 0 radical (unpaired) electrons. The molecule has 0 amide bonds. The van der Waals surface area contributed by atoms with E-state index in [-0.39, 0.29) is 6.61 Å². The van der Waals surface area contributed by atoms with Crippen LogP contribution < -0.4 is 15.2 Å². The van der Waals surface area contributed by atoms with Crippen molar-refractivity contribution in [3.05, 3.63) is 58.1 Å². The Bertz CT molecular complexity index is 718. The Balaban J connectivity index is 2.21. The highest BCUT2D eigenvalue weighted by molar-refractivity contribution is 6.31. The van der Waals surface area contributed by atoms with E-state index in [9.17, 15) is 4.79 Å². The fourth-order valence-electron chi connectivity index (χ4n) is 2.12. The lowest BCUT2D eigenvalue weighted by Crippen LogP contribution is -2.20. The molecule has 0 aliphatic rings. The van der Waals surface area contributed by atoms with E-state index in [2.05, 4.69) is 0 Å². The van der Waals surface area contributed by atoms with Crippen molar-refractivity contribution in [2.24, 2.45) is 5.73 Å². The number of carboxylic acids is 1. The predicted molar refractivity (Wildman–Crippen MR) is 88.1 cm³/mol. The molecule has 0 aliphatic heterocycles. The average Bonchev–Trinajstić information content (AvgIpc) is 2.54. The minimum absolute atomic E-state index is 0.227. The molecule has 0 spiro atoms. The van der Waals surface area contributed by atoms with Crippen LogP contribution in [0.5, 0.6) is 11.5 Å². The largest absolute Gasteiger partial charge is 0.496 e. The van der Waals surface area contributed by atoms with Crippen molar-refractivity contribution in [2.75, 3.05) is 7.11 Å². The molecule has 0 aliphatic carbocycles. The van der Waals surface area contributed by atoms with Gasteiger partial charge in [0.05, 0.1) is 7.11 Å². The van der Waals surface area contributed by atoms with Gasteiger partial charge in [-0.05, 0) is 48.4 Å². The van der Waals surface area contributed by atoms with Crippen LogP contribution in [-0.4, -0.2) is 18.2 Å². The Labute approximate surface area is 139 Å². The highest BCUT2D eigenvalue weighted by atomic mass is 35.5. The van der Waals surface area contributed by atoms with Crippen molar-refractivity contribution in [1.29, 1.82) is 0 Å². The Kier molecular flexibility index (Phi) is 5.47. The van der Waals surface area contributed by atoms with E-state index in [0.29, 0.717) is 27.6 Å². The van der Waals surface area contributed by atoms with Crippen molar-refractivity contribution in [3.8, 4) is 11.5 Å². The van der Waals surface area contributed by atoms with E-state index in [1.54, 1.807) is 37.4 Å². The van der Waals surface area contributed by atoms with E-state index in [0.717, 1.165) is 5.56 Å². The molecule has 1 atom stereocenters. The summed E-state index contributed by atoms with van der Waals surface area (Å²) in [7, 11) is 1.54. The number of halogens is 1. The second-order valence-corrected chi connectivity index (χ2v) is 5.49. The monoisotopic (exact) mass is 335 g/mol. The zero-order valence-corrected chi connectivity index (χ0v) is 13.6. The van der Waals surface area contributed by atoms with E-state index >= 15 is 0 Å². The second kappa shape index (κ2) is 7.35. The summed E-state index contributed by atoms with van der Waals surface area (Å²) in [6.07, 6.45) is 0. The highest BCUT2D eigenvalue weighted by Crippen LogP contribution is 2.26. The van der Waals surface area contributed by atoms with Crippen molar-refractivity contribution in [3.63, 3.8) is 0 Å². The van der Waals surface area contributed by atoms with Gasteiger partial charge < -0.3 is 20.3 Å². The van der Waals surface area contributed by atoms with Crippen LogP contribution in [0, 0.1) is 6.92 Å². The third-order valence-corrected chi connectivity index (χ3v) is 3.88. The van der Waals surface area contributed by atoms with Gasteiger partial charge >= 0.3 is 5.97 Å². The summed E-state index contributed by atoms with van der Waals surface area (Å²) in [6.45, 7) is 2.12. The molecule has 0 saturated carbocycles. The molecule has 2 aromatic rings. The molecule has 2 rings (SSSR count). The quantitative estimate of drug-likeness (QED) is 0.846. The molecule has 0 fully saturated rings. The van der Waals surface area contributed by atoms with Gasteiger partial charge in [0.25, 0.3) is 0 Å². The molecule has 122 valence electrons. The number of carbonyl (C=O) groups is 1. The number of aliphatic carboxylic acids is 1. The van der Waals surface area contributed by atoms with Crippen molar-refractivity contribution in [2.45, 2.75) is 19.6 Å². The SMILES string of the molecule is COc1ccc([C@H](N)C(=O)O)cc1COc1ccc(Cl)c(C)c1. The number of carboxylic acid groups (broad SMARTS) is 1. The fourth-order valence-corrected chi connectivity index (χ4v) is 2.23. The van der Waals surface area contributed by atoms with Gasteiger partial charge in [0, 0.05) is 10.6 Å². The summed E-state index contributed by atoms with van der Waals surface area (Å²) in [6, 6.07) is 9.28. The topological polar surface area (TPSA) is 81.8 Å².